The maximum atomic E-state index is 6.11. The molecular formula is C16H14N4S. The molecule has 0 amide bonds. The third-order valence-electron chi connectivity index (χ3n) is 3.67. The molecule has 0 saturated heterocycles. The summed E-state index contributed by atoms with van der Waals surface area (Å²) in [5.41, 5.74) is 9.02. The van der Waals surface area contributed by atoms with Crippen molar-refractivity contribution in [3.05, 3.63) is 52.9 Å². The number of imidazole rings is 1. The molecule has 0 saturated carbocycles. The van der Waals surface area contributed by atoms with E-state index >= 15 is 0 Å². The Morgan fingerprint density at radius 1 is 1.10 bits per heavy atom. The summed E-state index contributed by atoms with van der Waals surface area (Å²) in [4.78, 5) is 10.2. The number of nitrogens with two attached hydrogens (primary N) is 1. The number of fused-ring (bicyclic) bond motifs is 3. The largest absolute Gasteiger partial charge is 0.369 e. The van der Waals surface area contributed by atoms with Crippen LogP contribution in [0.3, 0.4) is 0 Å². The van der Waals surface area contributed by atoms with Crippen molar-refractivity contribution in [1.29, 1.82) is 0 Å². The Balaban J connectivity index is 1.86. The lowest BCUT2D eigenvalue weighted by Gasteiger charge is -2.07. The quantitative estimate of drug-likeness (QED) is 0.629. The number of thiophene rings is 1. The standard InChI is InChI=1S/C16H14N4S/c17-16-19-14-10-18-13-6-2-1-5-12(13)15(14)20(16)8-7-11-4-3-9-21-11/h1-6,9-10H,7-8H2,(H2,17,19). The summed E-state index contributed by atoms with van der Waals surface area (Å²) in [6.45, 7) is 0.830. The number of pyridine rings is 1. The molecule has 1 aromatic carbocycles. The minimum Gasteiger partial charge on any atom is -0.369 e. The van der Waals surface area contributed by atoms with E-state index in [1.165, 1.54) is 4.88 Å². The maximum Gasteiger partial charge on any atom is 0.201 e. The topological polar surface area (TPSA) is 56.7 Å². The molecule has 0 aliphatic carbocycles. The average Bonchev–Trinajstić information content (AvgIpc) is 3.12. The first-order valence-corrected chi connectivity index (χ1v) is 7.73. The van der Waals surface area contributed by atoms with Gasteiger partial charge in [-0.05, 0) is 23.9 Å². The van der Waals surface area contributed by atoms with Gasteiger partial charge < -0.3 is 10.3 Å². The molecule has 0 atom stereocenters. The molecule has 0 radical (unpaired) electrons. The van der Waals surface area contributed by atoms with Crippen LogP contribution in [0.4, 0.5) is 5.95 Å². The number of aromatic nitrogens is 3. The Labute approximate surface area is 125 Å². The number of rotatable bonds is 3. The lowest BCUT2D eigenvalue weighted by Crippen LogP contribution is -2.05. The fourth-order valence-electron chi connectivity index (χ4n) is 2.68. The monoisotopic (exact) mass is 294 g/mol. The number of nitrogen functional groups attached to an aromatic ring is 1. The summed E-state index contributed by atoms with van der Waals surface area (Å²) in [5, 5.41) is 3.20. The van der Waals surface area contributed by atoms with Crippen LogP contribution in [0.1, 0.15) is 4.88 Å². The Morgan fingerprint density at radius 3 is 2.86 bits per heavy atom. The van der Waals surface area contributed by atoms with Crippen LogP contribution in [0.25, 0.3) is 21.9 Å². The number of benzene rings is 1. The lowest BCUT2D eigenvalue weighted by molar-refractivity contribution is 0.734. The molecular weight excluding hydrogens is 280 g/mol. The highest BCUT2D eigenvalue weighted by molar-refractivity contribution is 7.09. The van der Waals surface area contributed by atoms with Crippen molar-refractivity contribution >= 4 is 39.2 Å². The molecule has 3 heterocycles. The molecule has 0 aliphatic rings. The third kappa shape index (κ3) is 2.06. The van der Waals surface area contributed by atoms with Gasteiger partial charge in [0.2, 0.25) is 5.95 Å². The molecule has 3 aromatic heterocycles. The lowest BCUT2D eigenvalue weighted by atomic mass is 10.2. The zero-order valence-corrected chi connectivity index (χ0v) is 12.2. The number of nitrogens with zero attached hydrogens (tertiary/aromatic N) is 3. The second-order valence-electron chi connectivity index (χ2n) is 4.96. The van der Waals surface area contributed by atoms with Crippen LogP contribution in [0, 0.1) is 0 Å². The first-order valence-electron chi connectivity index (χ1n) is 6.85. The first kappa shape index (κ1) is 12.3. The molecule has 4 nitrogen and oxygen atoms in total. The van der Waals surface area contributed by atoms with E-state index in [2.05, 4.69) is 38.1 Å². The van der Waals surface area contributed by atoms with E-state index in [1.807, 2.05) is 18.2 Å². The SMILES string of the molecule is Nc1nc2cnc3ccccc3c2n1CCc1cccs1. The predicted molar refractivity (Wildman–Crippen MR) is 87.5 cm³/mol. The van der Waals surface area contributed by atoms with E-state index in [1.54, 1.807) is 17.5 Å². The number of aryl methyl sites for hydroxylation is 2. The van der Waals surface area contributed by atoms with Crippen molar-refractivity contribution in [2.24, 2.45) is 0 Å². The Morgan fingerprint density at radius 2 is 2.00 bits per heavy atom. The first-order chi connectivity index (χ1) is 10.3. The minimum atomic E-state index is 0.555. The molecule has 4 aromatic rings. The number of hydrogen-bond donors (Lipinski definition) is 1. The van der Waals surface area contributed by atoms with Crippen LogP contribution in [0.15, 0.2) is 48.0 Å². The van der Waals surface area contributed by atoms with Gasteiger partial charge in [0.1, 0.15) is 5.52 Å². The Bertz CT molecular complexity index is 909. The number of hydrogen-bond acceptors (Lipinski definition) is 4. The van der Waals surface area contributed by atoms with Gasteiger partial charge in [-0.3, -0.25) is 4.98 Å². The van der Waals surface area contributed by atoms with Crippen LogP contribution >= 0.6 is 11.3 Å². The van der Waals surface area contributed by atoms with E-state index in [-0.39, 0.29) is 0 Å². The number of anilines is 1. The van der Waals surface area contributed by atoms with Crippen molar-refractivity contribution in [2.45, 2.75) is 13.0 Å². The maximum absolute atomic E-state index is 6.11. The average molecular weight is 294 g/mol. The smallest absolute Gasteiger partial charge is 0.201 e. The molecule has 0 spiro atoms. The van der Waals surface area contributed by atoms with Crippen molar-refractivity contribution in [1.82, 2.24) is 14.5 Å². The van der Waals surface area contributed by atoms with Gasteiger partial charge in [-0.1, -0.05) is 24.3 Å². The van der Waals surface area contributed by atoms with E-state index in [0.717, 1.165) is 34.9 Å². The van der Waals surface area contributed by atoms with Gasteiger partial charge in [0, 0.05) is 16.8 Å². The van der Waals surface area contributed by atoms with Gasteiger partial charge >= 0.3 is 0 Å². The van der Waals surface area contributed by atoms with Crippen LogP contribution < -0.4 is 5.73 Å². The minimum absolute atomic E-state index is 0.555. The highest BCUT2D eigenvalue weighted by atomic mass is 32.1. The van der Waals surface area contributed by atoms with Crippen LogP contribution in [-0.2, 0) is 13.0 Å². The Kier molecular flexibility index (Phi) is 2.86. The molecule has 104 valence electrons. The zero-order chi connectivity index (χ0) is 14.2. The highest BCUT2D eigenvalue weighted by Gasteiger charge is 2.12. The van der Waals surface area contributed by atoms with E-state index < -0.39 is 0 Å². The summed E-state index contributed by atoms with van der Waals surface area (Å²) >= 11 is 1.77. The van der Waals surface area contributed by atoms with E-state index in [9.17, 15) is 0 Å². The van der Waals surface area contributed by atoms with Crippen LogP contribution in [0.2, 0.25) is 0 Å². The molecule has 0 unspecified atom stereocenters. The summed E-state index contributed by atoms with van der Waals surface area (Å²) in [6.07, 6.45) is 2.76. The van der Waals surface area contributed by atoms with Crippen LogP contribution in [0.5, 0.6) is 0 Å². The zero-order valence-electron chi connectivity index (χ0n) is 11.4. The molecule has 0 fully saturated rings. The van der Waals surface area contributed by atoms with Gasteiger partial charge in [-0.2, -0.15) is 0 Å². The molecule has 4 rings (SSSR count). The second-order valence-corrected chi connectivity index (χ2v) is 5.99. The summed E-state index contributed by atoms with van der Waals surface area (Å²) in [6, 6.07) is 12.3. The van der Waals surface area contributed by atoms with Gasteiger partial charge in [-0.15, -0.1) is 11.3 Å². The molecule has 21 heavy (non-hydrogen) atoms. The molecule has 0 bridgehead atoms. The number of para-hydroxylation sites is 1. The van der Waals surface area contributed by atoms with Gasteiger partial charge in [0.15, 0.2) is 0 Å². The fraction of sp³-hybridized carbons (Fsp3) is 0.125. The van der Waals surface area contributed by atoms with Gasteiger partial charge in [0.05, 0.1) is 17.2 Å². The highest BCUT2D eigenvalue weighted by Crippen LogP contribution is 2.26. The van der Waals surface area contributed by atoms with E-state index in [4.69, 9.17) is 5.73 Å². The van der Waals surface area contributed by atoms with Crippen LogP contribution in [-0.4, -0.2) is 14.5 Å². The predicted octanol–water partition coefficient (Wildman–Crippen LogP) is 3.47. The molecule has 2 N–H and O–H groups in total. The van der Waals surface area contributed by atoms with Crippen molar-refractivity contribution in [3.63, 3.8) is 0 Å². The molecule has 0 aliphatic heterocycles. The third-order valence-corrected chi connectivity index (χ3v) is 4.61. The Hall–Kier alpha value is -2.40. The molecule has 5 heteroatoms. The van der Waals surface area contributed by atoms with Crippen molar-refractivity contribution in [3.8, 4) is 0 Å². The van der Waals surface area contributed by atoms with Crippen molar-refractivity contribution in [2.75, 3.05) is 5.73 Å². The summed E-state index contributed by atoms with van der Waals surface area (Å²) in [7, 11) is 0. The fourth-order valence-corrected chi connectivity index (χ4v) is 3.38. The second kappa shape index (κ2) is 4.86. The summed E-state index contributed by atoms with van der Waals surface area (Å²) in [5.74, 6) is 0.555. The normalized spacial score (nSPS) is 11.4. The summed E-state index contributed by atoms with van der Waals surface area (Å²) < 4.78 is 2.10. The van der Waals surface area contributed by atoms with Gasteiger partial charge in [0.25, 0.3) is 0 Å². The van der Waals surface area contributed by atoms with E-state index in [0.29, 0.717) is 5.95 Å². The van der Waals surface area contributed by atoms with Gasteiger partial charge in [-0.25, -0.2) is 4.98 Å². The van der Waals surface area contributed by atoms with Crippen molar-refractivity contribution < 1.29 is 0 Å².